The van der Waals surface area contributed by atoms with Gasteiger partial charge in [-0.2, -0.15) is 0 Å². The van der Waals surface area contributed by atoms with Crippen LogP contribution in [0.1, 0.15) is 13.1 Å². The van der Waals surface area contributed by atoms with Crippen LogP contribution in [0, 0.1) is 0 Å². The molecule has 1 fully saturated rings. The molecule has 0 saturated carbocycles. The summed E-state index contributed by atoms with van der Waals surface area (Å²) in [5.41, 5.74) is 6.00. The van der Waals surface area contributed by atoms with Gasteiger partial charge in [-0.3, -0.25) is 24.6 Å². The maximum Gasteiger partial charge on any atom is 1.00 e. The van der Waals surface area contributed by atoms with Crippen LogP contribution in [0.5, 0.6) is 0 Å². The first-order valence-electron chi connectivity index (χ1n) is 11.7. The van der Waals surface area contributed by atoms with Gasteiger partial charge in [0.1, 0.15) is 29.8 Å². The molecule has 4 rings (SSSR count). The summed E-state index contributed by atoms with van der Waals surface area (Å²) in [6, 6.07) is 3.04. The van der Waals surface area contributed by atoms with Crippen molar-refractivity contribution in [3.8, 4) is 0 Å². The Labute approximate surface area is 269 Å². The number of hydrogen-bond donors (Lipinski definition) is 6. The topological polar surface area (TPSA) is 252 Å². The third kappa shape index (κ3) is 7.41. The number of hydrogen-bond acceptors (Lipinski definition) is 13. The van der Waals surface area contributed by atoms with Crippen molar-refractivity contribution < 1.29 is 75.0 Å². The molecule has 2 aliphatic rings. The van der Waals surface area contributed by atoms with Crippen molar-refractivity contribution in [2.24, 2.45) is 12.8 Å². The van der Waals surface area contributed by atoms with E-state index < -0.39 is 60.0 Å². The van der Waals surface area contributed by atoms with Gasteiger partial charge in [0.05, 0.1) is 0 Å². The fourth-order valence-corrected chi connectivity index (χ4v) is 6.15. The molecule has 0 radical (unpaired) electrons. The summed E-state index contributed by atoms with van der Waals surface area (Å²) in [5, 5.41) is 44.8. The Morgan fingerprint density at radius 1 is 1.26 bits per heavy atom. The van der Waals surface area contributed by atoms with Crippen LogP contribution in [-0.2, 0) is 31.0 Å². The number of fused-ring (bicyclic) bond motifs is 1. The molecule has 1 saturated heterocycles. The van der Waals surface area contributed by atoms with Gasteiger partial charge in [0.15, 0.2) is 6.10 Å². The third-order valence-corrected chi connectivity index (χ3v) is 8.37. The minimum absolute atomic E-state index is 0. The Morgan fingerprint density at radius 3 is 2.55 bits per heavy atom. The first-order valence-corrected chi connectivity index (χ1v) is 13.8. The maximum atomic E-state index is 12.9. The quantitative estimate of drug-likeness (QED) is 0.0781. The molecule has 0 bridgehead atoms. The largest absolute Gasteiger partial charge is 1.00 e. The predicted octanol–water partition coefficient (Wildman–Crippen LogP) is -4.15. The van der Waals surface area contributed by atoms with E-state index in [-0.39, 0.29) is 53.7 Å². The zero-order valence-electron chi connectivity index (χ0n) is 23.2. The molecule has 4 atom stereocenters. The number of ether oxygens (including phenoxy) is 1. The van der Waals surface area contributed by atoms with Crippen molar-refractivity contribution in [3.63, 3.8) is 0 Å². The van der Waals surface area contributed by atoms with Crippen LogP contribution >= 0.6 is 23.5 Å². The number of carboxylic acid groups (broad SMARTS) is 2. The first-order chi connectivity index (χ1) is 19.5. The van der Waals surface area contributed by atoms with Crippen LogP contribution in [0.15, 0.2) is 40.7 Å². The Kier molecular flexibility index (Phi) is 11.4. The SMILES string of the molecule is Cn1nnnc1SCC1=C(C(=O)O)N2C(=O)[C@@H](NC(=O)[C@H](O)c3ccc(NC(=O)OC[C@@H](N)C(=O)O)cc3)[C@H]2SC1.[H-].[Na+]. The number of β-lactam (4-membered cyclic amide) rings is 1. The fourth-order valence-electron chi connectivity index (χ4n) is 3.81. The number of carboxylic acids is 2. The Hall–Kier alpha value is -3.20. The van der Waals surface area contributed by atoms with Gasteiger partial charge in [0, 0.05) is 24.2 Å². The van der Waals surface area contributed by atoms with E-state index in [1.807, 2.05) is 0 Å². The Bertz CT molecular complexity index is 1410. The number of aromatic nitrogens is 4. The Balaban J connectivity index is 0.00000323. The van der Waals surface area contributed by atoms with Crippen molar-refractivity contribution >= 4 is 59.1 Å². The molecule has 1 aromatic carbocycles. The molecule has 2 aromatic rings. The average molecular weight is 633 g/mol. The molecule has 220 valence electrons. The van der Waals surface area contributed by atoms with E-state index in [9.17, 15) is 34.2 Å². The van der Waals surface area contributed by atoms with Crippen LogP contribution in [0.2, 0.25) is 0 Å². The zero-order chi connectivity index (χ0) is 29.8. The standard InChI is InChI=1S/C22H24N8O9S2.Na.H/c1-29-21(26-27-28-29)41-8-10-7-40-18-13(17(33)30(18)14(10)20(36)37)25-16(32)15(31)9-2-4-11(5-3-9)24-22(38)39-6-12(23)19(34)35;;/h2-5,12-13,15,18,31H,6-8,23H2,1H3,(H,24,38)(H,25,32)(H,34,35)(H,36,37);;/q;+1;-1/t12-,13-,15-,18-;;/m1../s1. The monoisotopic (exact) mass is 632 g/mol. The molecule has 7 N–H and O–H groups in total. The molecule has 42 heavy (non-hydrogen) atoms. The van der Waals surface area contributed by atoms with E-state index in [4.69, 9.17) is 15.6 Å². The second kappa shape index (κ2) is 14.3. The van der Waals surface area contributed by atoms with Crippen LogP contribution < -0.4 is 45.9 Å². The van der Waals surface area contributed by atoms with Gasteiger partial charge in [-0.1, -0.05) is 23.9 Å². The molecule has 0 spiro atoms. The fraction of sp³-hybridized carbons (Fsp3) is 0.364. The summed E-state index contributed by atoms with van der Waals surface area (Å²) in [6.07, 6.45) is -2.62. The number of benzene rings is 1. The van der Waals surface area contributed by atoms with Crippen LogP contribution in [0.4, 0.5) is 10.5 Å². The number of anilines is 1. The maximum absolute atomic E-state index is 12.9. The molecule has 20 heteroatoms. The smallest absolute Gasteiger partial charge is 1.00 e. The van der Waals surface area contributed by atoms with Gasteiger partial charge < -0.3 is 32.5 Å². The van der Waals surface area contributed by atoms with E-state index in [0.717, 1.165) is 4.90 Å². The number of aliphatic carboxylic acids is 2. The number of nitrogens with one attached hydrogen (secondary N) is 2. The minimum Gasteiger partial charge on any atom is -1.00 e. The predicted molar refractivity (Wildman–Crippen MR) is 142 cm³/mol. The van der Waals surface area contributed by atoms with E-state index >= 15 is 0 Å². The van der Waals surface area contributed by atoms with E-state index in [0.29, 0.717) is 16.5 Å². The number of rotatable bonds is 11. The minimum atomic E-state index is -1.67. The number of carbonyl (C=O) groups excluding carboxylic acids is 3. The second-order valence-corrected chi connectivity index (χ2v) is 10.8. The van der Waals surface area contributed by atoms with Gasteiger partial charge in [-0.25, -0.2) is 14.3 Å². The molecule has 17 nitrogen and oxygen atoms in total. The first kappa shape index (κ1) is 33.3. The summed E-state index contributed by atoms with van der Waals surface area (Å²) in [4.78, 5) is 61.3. The van der Waals surface area contributed by atoms with Gasteiger partial charge in [0.25, 0.3) is 11.8 Å². The van der Waals surface area contributed by atoms with Crippen molar-refractivity contribution in [2.45, 2.75) is 28.7 Å². The van der Waals surface area contributed by atoms with Crippen LogP contribution in [0.25, 0.3) is 0 Å². The molecular weight excluding hydrogens is 607 g/mol. The summed E-state index contributed by atoms with van der Waals surface area (Å²) < 4.78 is 6.15. The molecule has 0 aliphatic carbocycles. The Morgan fingerprint density at radius 2 is 1.95 bits per heavy atom. The number of amides is 3. The molecule has 3 heterocycles. The summed E-state index contributed by atoms with van der Waals surface area (Å²) in [7, 11) is 1.65. The van der Waals surface area contributed by atoms with E-state index in [1.165, 1.54) is 52.5 Å². The normalized spacial score (nSPS) is 19.0. The number of tetrazole rings is 1. The number of nitrogens with zero attached hydrogens (tertiary/aromatic N) is 5. The van der Waals surface area contributed by atoms with E-state index in [1.54, 1.807) is 7.05 Å². The number of aliphatic hydroxyl groups excluding tert-OH is 1. The average Bonchev–Trinajstić information content (AvgIpc) is 3.36. The summed E-state index contributed by atoms with van der Waals surface area (Å²) >= 11 is 2.51. The van der Waals surface area contributed by atoms with Crippen molar-refractivity contribution in [1.29, 1.82) is 0 Å². The van der Waals surface area contributed by atoms with Crippen molar-refractivity contribution in [1.82, 2.24) is 30.4 Å². The zero-order valence-corrected chi connectivity index (χ0v) is 25.8. The third-order valence-electron chi connectivity index (χ3n) is 5.94. The van der Waals surface area contributed by atoms with Crippen LogP contribution in [0.3, 0.4) is 0 Å². The number of thioether (sulfide) groups is 2. The molecule has 3 amide bonds. The molecule has 2 aliphatic heterocycles. The molecule has 0 unspecified atom stereocenters. The van der Waals surface area contributed by atoms with Gasteiger partial charge in [-0.05, 0) is 33.7 Å². The number of aryl methyl sites for hydroxylation is 1. The van der Waals surface area contributed by atoms with Crippen molar-refractivity contribution in [3.05, 3.63) is 41.1 Å². The van der Waals surface area contributed by atoms with E-state index in [2.05, 4.69) is 26.2 Å². The second-order valence-electron chi connectivity index (χ2n) is 8.72. The number of nitrogens with two attached hydrogens (primary N) is 1. The molecule has 1 aromatic heterocycles. The summed E-state index contributed by atoms with van der Waals surface area (Å²) in [6.45, 7) is -0.542. The van der Waals surface area contributed by atoms with Gasteiger partial charge in [-0.15, -0.1) is 16.9 Å². The van der Waals surface area contributed by atoms with Gasteiger partial charge >= 0.3 is 47.6 Å². The van der Waals surface area contributed by atoms with Crippen molar-refractivity contribution in [2.75, 3.05) is 23.4 Å². The van der Waals surface area contributed by atoms with Crippen LogP contribution in [-0.4, -0.2) is 106 Å². The summed E-state index contributed by atoms with van der Waals surface area (Å²) in [5.74, 6) is -3.56. The number of carbonyl (C=O) groups is 5. The molecular formula is C22H25N8NaO9S2. The van der Waals surface area contributed by atoms with Gasteiger partial charge in [0.2, 0.25) is 5.16 Å². The number of aliphatic hydroxyl groups is 1.